The van der Waals surface area contributed by atoms with Crippen molar-refractivity contribution >= 4 is 15.7 Å². The van der Waals surface area contributed by atoms with E-state index in [1.807, 2.05) is 60.7 Å². The van der Waals surface area contributed by atoms with Gasteiger partial charge in [0.1, 0.15) is 12.4 Å². The summed E-state index contributed by atoms with van der Waals surface area (Å²) >= 11 is 0. The van der Waals surface area contributed by atoms with Crippen molar-refractivity contribution in [2.75, 3.05) is 10.5 Å². The summed E-state index contributed by atoms with van der Waals surface area (Å²) in [6.07, 6.45) is 1.33. The van der Waals surface area contributed by atoms with Crippen molar-refractivity contribution in [2.24, 2.45) is 0 Å². The number of benzene rings is 3. The van der Waals surface area contributed by atoms with E-state index in [0.717, 1.165) is 17.5 Å². The first-order chi connectivity index (χ1) is 13.1. The average molecular weight is 381 g/mol. The van der Waals surface area contributed by atoms with E-state index in [1.165, 1.54) is 0 Å². The molecule has 0 aliphatic carbocycles. The zero-order valence-electron chi connectivity index (χ0n) is 15.0. The van der Waals surface area contributed by atoms with Crippen molar-refractivity contribution in [3.63, 3.8) is 0 Å². The fourth-order valence-electron chi connectivity index (χ4n) is 2.70. The van der Waals surface area contributed by atoms with Crippen LogP contribution in [0.15, 0.2) is 84.9 Å². The van der Waals surface area contributed by atoms with Crippen LogP contribution in [-0.4, -0.2) is 14.2 Å². The van der Waals surface area contributed by atoms with Gasteiger partial charge in [-0.1, -0.05) is 60.7 Å². The van der Waals surface area contributed by atoms with E-state index in [2.05, 4.69) is 4.72 Å². The minimum atomic E-state index is -3.36. The number of rotatable bonds is 9. The maximum Gasteiger partial charge on any atom is 0.232 e. The molecule has 0 aliphatic heterocycles. The van der Waals surface area contributed by atoms with Crippen LogP contribution in [0.2, 0.25) is 0 Å². The Kier molecular flexibility index (Phi) is 6.49. The molecule has 0 atom stereocenters. The minimum absolute atomic E-state index is 0.0914. The molecule has 0 aromatic heterocycles. The lowest BCUT2D eigenvalue weighted by atomic mass is 10.1. The van der Waals surface area contributed by atoms with Crippen LogP contribution in [0.1, 0.15) is 17.5 Å². The molecule has 0 fully saturated rings. The fraction of sp³-hybridized carbons (Fsp3) is 0.182. The van der Waals surface area contributed by atoms with Crippen molar-refractivity contribution in [3.05, 3.63) is 96.1 Å². The molecule has 3 rings (SSSR count). The maximum atomic E-state index is 12.2. The van der Waals surface area contributed by atoms with Gasteiger partial charge in [0.05, 0.1) is 5.75 Å². The molecule has 1 N–H and O–H groups in total. The van der Waals surface area contributed by atoms with Gasteiger partial charge in [0.15, 0.2) is 0 Å². The molecular formula is C22H23NO3S. The molecule has 0 spiro atoms. The molecule has 0 saturated heterocycles. The molecule has 3 aromatic carbocycles. The number of nitrogens with one attached hydrogen (secondary N) is 1. The quantitative estimate of drug-likeness (QED) is 0.587. The number of sulfonamides is 1. The summed E-state index contributed by atoms with van der Waals surface area (Å²) in [5.41, 5.74) is 2.77. The van der Waals surface area contributed by atoms with Crippen molar-refractivity contribution in [1.29, 1.82) is 0 Å². The first-order valence-electron chi connectivity index (χ1n) is 8.92. The van der Waals surface area contributed by atoms with E-state index in [9.17, 15) is 8.42 Å². The number of anilines is 1. The van der Waals surface area contributed by atoms with Crippen LogP contribution in [0.3, 0.4) is 0 Å². The number of aryl methyl sites for hydroxylation is 1. The molecule has 0 unspecified atom stereocenters. The van der Waals surface area contributed by atoms with Gasteiger partial charge in [0, 0.05) is 5.69 Å². The molecule has 0 bridgehead atoms. The van der Waals surface area contributed by atoms with Gasteiger partial charge >= 0.3 is 0 Å². The van der Waals surface area contributed by atoms with Gasteiger partial charge in [0.2, 0.25) is 10.0 Å². The van der Waals surface area contributed by atoms with Crippen molar-refractivity contribution in [2.45, 2.75) is 19.4 Å². The summed E-state index contributed by atoms with van der Waals surface area (Å²) < 4.78 is 32.8. The molecule has 140 valence electrons. The Morgan fingerprint density at radius 3 is 1.96 bits per heavy atom. The maximum absolute atomic E-state index is 12.2. The van der Waals surface area contributed by atoms with Crippen LogP contribution in [0.5, 0.6) is 5.75 Å². The van der Waals surface area contributed by atoms with Gasteiger partial charge < -0.3 is 4.74 Å². The molecule has 27 heavy (non-hydrogen) atoms. The van der Waals surface area contributed by atoms with E-state index >= 15 is 0 Å². The monoisotopic (exact) mass is 381 g/mol. The predicted octanol–water partition coefficient (Wildman–Crippen LogP) is 4.64. The summed E-state index contributed by atoms with van der Waals surface area (Å²) in [5, 5.41) is 0. The summed E-state index contributed by atoms with van der Waals surface area (Å²) in [6.45, 7) is 0.478. The summed E-state index contributed by atoms with van der Waals surface area (Å²) in [6, 6.07) is 26.8. The zero-order valence-corrected chi connectivity index (χ0v) is 15.9. The highest BCUT2D eigenvalue weighted by atomic mass is 32.2. The van der Waals surface area contributed by atoms with Gasteiger partial charge in [-0.05, 0) is 48.2 Å². The lowest BCUT2D eigenvalue weighted by Gasteiger charge is -2.10. The topological polar surface area (TPSA) is 55.4 Å². The van der Waals surface area contributed by atoms with Crippen LogP contribution in [0, 0.1) is 0 Å². The standard InChI is InChI=1S/C22H23NO3S/c24-27(25,17-7-12-19-8-3-1-4-9-19)23-21-13-15-22(16-14-21)26-18-20-10-5-2-6-11-20/h1-6,8-11,13-16,23H,7,12,17-18H2. The first-order valence-corrected chi connectivity index (χ1v) is 10.6. The normalized spacial score (nSPS) is 11.1. The Balaban J connectivity index is 1.47. The van der Waals surface area contributed by atoms with Gasteiger partial charge in [-0.15, -0.1) is 0 Å². The van der Waals surface area contributed by atoms with E-state index in [4.69, 9.17) is 4.74 Å². The largest absolute Gasteiger partial charge is 0.489 e. The van der Waals surface area contributed by atoms with E-state index in [0.29, 0.717) is 24.5 Å². The highest BCUT2D eigenvalue weighted by Gasteiger charge is 2.10. The van der Waals surface area contributed by atoms with Gasteiger partial charge in [-0.2, -0.15) is 0 Å². The summed E-state index contributed by atoms with van der Waals surface area (Å²) in [4.78, 5) is 0. The second-order valence-electron chi connectivity index (χ2n) is 6.31. The predicted molar refractivity (Wildman–Crippen MR) is 109 cm³/mol. The van der Waals surface area contributed by atoms with E-state index in [-0.39, 0.29) is 5.75 Å². The number of hydrogen-bond donors (Lipinski definition) is 1. The Hall–Kier alpha value is -2.79. The highest BCUT2D eigenvalue weighted by molar-refractivity contribution is 7.92. The number of hydrogen-bond acceptors (Lipinski definition) is 3. The van der Waals surface area contributed by atoms with E-state index in [1.54, 1.807) is 24.3 Å². The molecular weight excluding hydrogens is 358 g/mol. The van der Waals surface area contributed by atoms with Crippen LogP contribution in [0.4, 0.5) is 5.69 Å². The molecule has 0 aliphatic rings. The highest BCUT2D eigenvalue weighted by Crippen LogP contribution is 2.18. The second-order valence-corrected chi connectivity index (χ2v) is 8.15. The minimum Gasteiger partial charge on any atom is -0.489 e. The molecule has 0 heterocycles. The van der Waals surface area contributed by atoms with Crippen LogP contribution in [-0.2, 0) is 23.1 Å². The van der Waals surface area contributed by atoms with Crippen LogP contribution >= 0.6 is 0 Å². The molecule has 4 nitrogen and oxygen atoms in total. The smallest absolute Gasteiger partial charge is 0.232 e. The molecule has 0 amide bonds. The van der Waals surface area contributed by atoms with Gasteiger partial charge in [0.25, 0.3) is 0 Å². The number of ether oxygens (including phenoxy) is 1. The Bertz CT molecular complexity index is 924. The third-order valence-electron chi connectivity index (χ3n) is 4.10. The van der Waals surface area contributed by atoms with Gasteiger partial charge in [-0.25, -0.2) is 8.42 Å². The zero-order chi connectivity index (χ0) is 19.0. The average Bonchev–Trinajstić information content (AvgIpc) is 2.69. The van der Waals surface area contributed by atoms with Crippen LogP contribution in [0.25, 0.3) is 0 Å². The molecule has 3 aromatic rings. The first kappa shape index (κ1) is 19.0. The van der Waals surface area contributed by atoms with Crippen molar-refractivity contribution < 1.29 is 13.2 Å². The summed E-state index contributed by atoms with van der Waals surface area (Å²) in [5.74, 6) is 0.791. The second kappa shape index (κ2) is 9.24. The molecule has 0 saturated carbocycles. The third kappa shape index (κ3) is 6.46. The Morgan fingerprint density at radius 1 is 0.741 bits per heavy atom. The molecule has 5 heteroatoms. The Morgan fingerprint density at radius 2 is 1.33 bits per heavy atom. The van der Waals surface area contributed by atoms with E-state index < -0.39 is 10.0 Å². The third-order valence-corrected chi connectivity index (χ3v) is 5.47. The Labute approximate surface area is 160 Å². The molecule has 0 radical (unpaired) electrons. The van der Waals surface area contributed by atoms with Crippen molar-refractivity contribution in [1.82, 2.24) is 0 Å². The lowest BCUT2D eigenvalue weighted by Crippen LogP contribution is -2.17. The van der Waals surface area contributed by atoms with Crippen LogP contribution < -0.4 is 9.46 Å². The fourth-order valence-corrected chi connectivity index (χ4v) is 3.82. The van der Waals surface area contributed by atoms with Gasteiger partial charge in [-0.3, -0.25) is 4.72 Å². The summed E-state index contributed by atoms with van der Waals surface area (Å²) in [7, 11) is -3.36. The lowest BCUT2D eigenvalue weighted by molar-refractivity contribution is 0.306. The van der Waals surface area contributed by atoms with Crippen molar-refractivity contribution in [3.8, 4) is 5.75 Å². The SMILES string of the molecule is O=S(=O)(CCCc1ccccc1)Nc1ccc(OCc2ccccc2)cc1.